The van der Waals surface area contributed by atoms with Gasteiger partial charge < -0.3 is 9.51 Å². The van der Waals surface area contributed by atoms with Gasteiger partial charge in [0.1, 0.15) is 17.2 Å². The predicted molar refractivity (Wildman–Crippen MR) is 55.2 cm³/mol. The van der Waals surface area contributed by atoms with Gasteiger partial charge in [0.15, 0.2) is 0 Å². The largest absolute Gasteiger partial charge is 0.390 e. The Morgan fingerprint density at radius 3 is 2.87 bits per heavy atom. The minimum atomic E-state index is -0.346. The number of rotatable bonds is 2. The molecule has 0 aliphatic rings. The molecule has 2 heterocycles. The van der Waals surface area contributed by atoms with Gasteiger partial charge in [-0.15, -0.1) is 0 Å². The molecule has 0 bridgehead atoms. The first-order valence-corrected chi connectivity index (χ1v) is 4.91. The molecule has 2 aromatic heterocycles. The van der Waals surface area contributed by atoms with Crippen molar-refractivity contribution < 1.29 is 9.50 Å². The van der Waals surface area contributed by atoms with Crippen molar-refractivity contribution in [3.05, 3.63) is 35.7 Å². The van der Waals surface area contributed by atoms with E-state index < -0.39 is 0 Å². The van der Waals surface area contributed by atoms with E-state index in [0.717, 1.165) is 5.82 Å². The fourth-order valence-corrected chi connectivity index (χ4v) is 1.71. The Bertz CT molecular complexity index is 491. The van der Waals surface area contributed by atoms with Crippen molar-refractivity contribution in [1.29, 1.82) is 0 Å². The van der Waals surface area contributed by atoms with Gasteiger partial charge in [-0.25, -0.2) is 9.37 Å². The van der Waals surface area contributed by atoms with Crippen LogP contribution < -0.4 is 0 Å². The van der Waals surface area contributed by atoms with Gasteiger partial charge in [0, 0.05) is 12.1 Å². The monoisotopic (exact) mass is 208 g/mol. The predicted octanol–water partition coefficient (Wildman–Crippen LogP) is 2.09. The van der Waals surface area contributed by atoms with Crippen LogP contribution in [-0.4, -0.2) is 14.5 Å². The van der Waals surface area contributed by atoms with Crippen molar-refractivity contribution in [3.63, 3.8) is 0 Å². The van der Waals surface area contributed by atoms with Crippen molar-refractivity contribution in [3.8, 4) is 0 Å². The van der Waals surface area contributed by atoms with Gasteiger partial charge in [-0.05, 0) is 12.1 Å². The standard InChI is InChI=1S/C11H13FN2O/c1-7(2)11-13-9(6-15)10-8(12)4-3-5-14(10)11/h3-5,7,15H,6H2,1-2H3. The van der Waals surface area contributed by atoms with Crippen LogP contribution in [0.2, 0.25) is 0 Å². The fraction of sp³-hybridized carbons (Fsp3) is 0.364. The van der Waals surface area contributed by atoms with E-state index >= 15 is 0 Å². The molecule has 3 nitrogen and oxygen atoms in total. The van der Waals surface area contributed by atoms with Gasteiger partial charge in [-0.2, -0.15) is 0 Å². The van der Waals surface area contributed by atoms with E-state index in [1.165, 1.54) is 6.07 Å². The number of pyridine rings is 1. The summed E-state index contributed by atoms with van der Waals surface area (Å²) >= 11 is 0. The molecule has 2 rings (SSSR count). The van der Waals surface area contributed by atoms with Crippen LogP contribution in [-0.2, 0) is 6.61 Å². The van der Waals surface area contributed by atoms with Crippen molar-refractivity contribution >= 4 is 5.52 Å². The number of aromatic nitrogens is 2. The molecule has 0 saturated carbocycles. The van der Waals surface area contributed by atoms with Crippen LogP contribution in [0, 0.1) is 5.82 Å². The summed E-state index contributed by atoms with van der Waals surface area (Å²) in [4.78, 5) is 4.24. The average Bonchev–Trinajstić information content (AvgIpc) is 2.58. The molecule has 15 heavy (non-hydrogen) atoms. The van der Waals surface area contributed by atoms with Crippen molar-refractivity contribution in [2.24, 2.45) is 0 Å². The third kappa shape index (κ3) is 1.51. The summed E-state index contributed by atoms with van der Waals surface area (Å²) in [6.45, 7) is 3.73. The number of hydrogen-bond donors (Lipinski definition) is 1. The molecule has 80 valence electrons. The Morgan fingerprint density at radius 2 is 2.27 bits per heavy atom. The Morgan fingerprint density at radius 1 is 1.53 bits per heavy atom. The minimum absolute atomic E-state index is 0.194. The molecule has 0 radical (unpaired) electrons. The number of halogens is 1. The number of imidazole rings is 1. The maximum atomic E-state index is 13.5. The van der Waals surface area contributed by atoms with Crippen LogP contribution in [0.4, 0.5) is 4.39 Å². The zero-order valence-corrected chi connectivity index (χ0v) is 8.74. The number of nitrogens with zero attached hydrogens (tertiary/aromatic N) is 2. The van der Waals surface area contributed by atoms with Crippen LogP contribution in [0.15, 0.2) is 18.3 Å². The molecule has 2 aromatic rings. The first-order valence-electron chi connectivity index (χ1n) is 4.91. The topological polar surface area (TPSA) is 37.5 Å². The Hall–Kier alpha value is -1.42. The second-order valence-electron chi connectivity index (χ2n) is 3.80. The Balaban J connectivity index is 2.81. The lowest BCUT2D eigenvalue weighted by atomic mass is 10.2. The van der Waals surface area contributed by atoms with Gasteiger partial charge >= 0.3 is 0 Å². The van der Waals surface area contributed by atoms with Gasteiger partial charge in [-0.1, -0.05) is 13.8 Å². The molecule has 1 N–H and O–H groups in total. The van der Waals surface area contributed by atoms with Gasteiger partial charge in [0.2, 0.25) is 0 Å². The molecule has 0 spiro atoms. The number of aliphatic hydroxyl groups is 1. The first-order chi connectivity index (χ1) is 7.15. The lowest BCUT2D eigenvalue weighted by Gasteiger charge is -2.03. The molecule has 0 saturated heterocycles. The Kier molecular flexibility index (Phi) is 2.44. The average molecular weight is 208 g/mol. The zero-order chi connectivity index (χ0) is 11.0. The SMILES string of the molecule is CC(C)c1nc(CO)c2c(F)cccn12. The second-order valence-corrected chi connectivity index (χ2v) is 3.80. The molecule has 0 aliphatic heterocycles. The maximum Gasteiger partial charge on any atom is 0.149 e. The summed E-state index contributed by atoms with van der Waals surface area (Å²) in [6, 6.07) is 3.01. The highest BCUT2D eigenvalue weighted by molar-refractivity contribution is 5.54. The van der Waals surface area contributed by atoms with Crippen molar-refractivity contribution in [1.82, 2.24) is 9.38 Å². The smallest absolute Gasteiger partial charge is 0.149 e. The molecule has 0 aromatic carbocycles. The van der Waals surface area contributed by atoms with Crippen LogP contribution in [0.5, 0.6) is 0 Å². The second kappa shape index (κ2) is 3.62. The molecule has 4 heteroatoms. The normalized spacial score (nSPS) is 11.5. The van der Waals surface area contributed by atoms with Crippen molar-refractivity contribution in [2.45, 2.75) is 26.4 Å². The van der Waals surface area contributed by atoms with Crippen LogP contribution in [0.25, 0.3) is 5.52 Å². The van der Waals surface area contributed by atoms with E-state index in [1.807, 2.05) is 13.8 Å². The Labute approximate surface area is 87.2 Å². The van der Waals surface area contributed by atoms with Gasteiger partial charge in [-0.3, -0.25) is 0 Å². The number of fused-ring (bicyclic) bond motifs is 1. The summed E-state index contributed by atoms with van der Waals surface area (Å²) in [5.41, 5.74) is 0.778. The van der Waals surface area contributed by atoms with Crippen LogP contribution in [0.1, 0.15) is 31.3 Å². The molecule has 0 fully saturated rings. The van der Waals surface area contributed by atoms with Crippen LogP contribution in [0.3, 0.4) is 0 Å². The summed E-state index contributed by atoms with van der Waals surface area (Å²) in [7, 11) is 0. The van der Waals surface area contributed by atoms with Gasteiger partial charge in [0.05, 0.1) is 12.3 Å². The molecule has 0 aliphatic carbocycles. The quantitative estimate of drug-likeness (QED) is 0.820. The lowest BCUT2D eigenvalue weighted by molar-refractivity contribution is 0.278. The van der Waals surface area contributed by atoms with E-state index in [9.17, 15) is 4.39 Å². The minimum Gasteiger partial charge on any atom is -0.390 e. The highest BCUT2D eigenvalue weighted by Crippen LogP contribution is 2.21. The third-order valence-corrected chi connectivity index (χ3v) is 2.38. The fourth-order valence-electron chi connectivity index (χ4n) is 1.71. The summed E-state index contributed by atoms with van der Waals surface area (Å²) in [6.07, 6.45) is 1.76. The molecule has 0 amide bonds. The number of hydrogen-bond acceptors (Lipinski definition) is 2. The van der Waals surface area contributed by atoms with Crippen molar-refractivity contribution in [2.75, 3.05) is 0 Å². The zero-order valence-electron chi connectivity index (χ0n) is 8.74. The summed E-state index contributed by atoms with van der Waals surface area (Å²) < 4.78 is 15.2. The third-order valence-electron chi connectivity index (χ3n) is 2.38. The molecular weight excluding hydrogens is 195 g/mol. The van der Waals surface area contributed by atoms with E-state index in [-0.39, 0.29) is 18.3 Å². The summed E-state index contributed by atoms with van der Waals surface area (Å²) in [5, 5.41) is 9.11. The van der Waals surface area contributed by atoms with E-state index in [2.05, 4.69) is 4.98 Å². The molecule has 0 atom stereocenters. The summed E-state index contributed by atoms with van der Waals surface area (Å²) in [5.74, 6) is 0.620. The van der Waals surface area contributed by atoms with E-state index in [1.54, 1.807) is 16.7 Å². The lowest BCUT2D eigenvalue weighted by Crippen LogP contribution is -1.96. The van der Waals surface area contributed by atoms with E-state index in [0.29, 0.717) is 11.2 Å². The maximum absolute atomic E-state index is 13.5. The highest BCUT2D eigenvalue weighted by atomic mass is 19.1. The highest BCUT2D eigenvalue weighted by Gasteiger charge is 2.15. The molecule has 0 unspecified atom stereocenters. The van der Waals surface area contributed by atoms with Gasteiger partial charge in [0.25, 0.3) is 0 Å². The first kappa shape index (κ1) is 10.1. The molecular formula is C11H13FN2O. The number of aliphatic hydroxyl groups excluding tert-OH is 1. The van der Waals surface area contributed by atoms with E-state index in [4.69, 9.17) is 5.11 Å². The van der Waals surface area contributed by atoms with Crippen LogP contribution >= 0.6 is 0 Å².